The van der Waals surface area contributed by atoms with E-state index in [0.717, 1.165) is 37.3 Å². The third-order valence-corrected chi connectivity index (χ3v) is 4.38. The zero-order chi connectivity index (χ0) is 13.3. The van der Waals surface area contributed by atoms with Crippen LogP contribution < -0.4 is 10.6 Å². The number of anilines is 1. The van der Waals surface area contributed by atoms with Crippen molar-refractivity contribution < 1.29 is 13.2 Å². The Morgan fingerprint density at radius 3 is 2.44 bits per heavy atom. The van der Waals surface area contributed by atoms with E-state index in [4.69, 9.17) is 5.73 Å². The molecular weight excluding hydrogens is 263 g/mol. The third-order valence-electron chi connectivity index (χ3n) is 3.08. The summed E-state index contributed by atoms with van der Waals surface area (Å²) >= 11 is 1.07. The Kier molecular flexibility index (Phi) is 3.82. The first kappa shape index (κ1) is 13.6. The maximum Gasteiger partial charge on any atom is 0.408 e. The molecular formula is C11H16F3N3S. The fourth-order valence-electron chi connectivity index (χ4n) is 2.05. The Morgan fingerprint density at radius 1 is 1.28 bits per heavy atom. The number of thiazole rings is 1. The molecule has 1 unspecified atom stereocenters. The number of piperidine rings is 1. The zero-order valence-corrected chi connectivity index (χ0v) is 10.9. The van der Waals surface area contributed by atoms with E-state index in [0.29, 0.717) is 10.8 Å². The van der Waals surface area contributed by atoms with Crippen LogP contribution in [-0.2, 0) is 0 Å². The summed E-state index contributed by atoms with van der Waals surface area (Å²) in [5.74, 6) is 0. The van der Waals surface area contributed by atoms with E-state index in [2.05, 4.69) is 4.98 Å². The molecule has 0 bridgehead atoms. The SMILES string of the molecule is Cc1nc(N2CCCCC2)sc1C(N)C(F)(F)F. The number of hydrogen-bond acceptors (Lipinski definition) is 4. The fraction of sp³-hybridized carbons (Fsp3) is 0.727. The summed E-state index contributed by atoms with van der Waals surface area (Å²) in [6.45, 7) is 3.33. The van der Waals surface area contributed by atoms with Crippen molar-refractivity contribution in [2.75, 3.05) is 18.0 Å². The van der Waals surface area contributed by atoms with Gasteiger partial charge in [0.2, 0.25) is 0 Å². The van der Waals surface area contributed by atoms with E-state index in [9.17, 15) is 13.2 Å². The van der Waals surface area contributed by atoms with Gasteiger partial charge < -0.3 is 10.6 Å². The molecule has 1 saturated heterocycles. The van der Waals surface area contributed by atoms with Crippen LogP contribution in [0.4, 0.5) is 18.3 Å². The van der Waals surface area contributed by atoms with Crippen molar-refractivity contribution in [3.8, 4) is 0 Å². The molecule has 2 rings (SSSR count). The van der Waals surface area contributed by atoms with Gasteiger partial charge >= 0.3 is 6.18 Å². The van der Waals surface area contributed by atoms with Crippen molar-refractivity contribution in [1.82, 2.24) is 4.98 Å². The summed E-state index contributed by atoms with van der Waals surface area (Å²) in [5.41, 5.74) is 5.64. The topological polar surface area (TPSA) is 42.2 Å². The number of aromatic nitrogens is 1. The Labute approximate surface area is 108 Å². The zero-order valence-electron chi connectivity index (χ0n) is 10.1. The van der Waals surface area contributed by atoms with Crippen LogP contribution in [0.15, 0.2) is 0 Å². The van der Waals surface area contributed by atoms with E-state index < -0.39 is 12.2 Å². The molecule has 0 aliphatic carbocycles. The number of rotatable bonds is 2. The normalized spacial score (nSPS) is 19.1. The lowest BCUT2D eigenvalue weighted by Crippen LogP contribution is -2.29. The van der Waals surface area contributed by atoms with E-state index in [1.54, 1.807) is 6.92 Å². The van der Waals surface area contributed by atoms with Crippen LogP contribution >= 0.6 is 11.3 Å². The molecule has 0 radical (unpaired) electrons. The summed E-state index contributed by atoms with van der Waals surface area (Å²) in [4.78, 5) is 6.41. The summed E-state index contributed by atoms with van der Waals surface area (Å²) < 4.78 is 37.8. The molecule has 0 spiro atoms. The molecule has 2 N–H and O–H groups in total. The van der Waals surface area contributed by atoms with Gasteiger partial charge in [-0.05, 0) is 26.2 Å². The van der Waals surface area contributed by atoms with Crippen LogP contribution in [0.25, 0.3) is 0 Å². The number of halogens is 3. The second kappa shape index (κ2) is 5.05. The van der Waals surface area contributed by atoms with E-state index in [1.165, 1.54) is 6.42 Å². The molecule has 3 nitrogen and oxygen atoms in total. The van der Waals surface area contributed by atoms with Crippen molar-refractivity contribution in [2.45, 2.75) is 38.4 Å². The average molecular weight is 279 g/mol. The van der Waals surface area contributed by atoms with E-state index >= 15 is 0 Å². The molecule has 1 aliphatic heterocycles. The Morgan fingerprint density at radius 2 is 1.89 bits per heavy atom. The molecule has 1 aliphatic rings. The van der Waals surface area contributed by atoms with Gasteiger partial charge in [0.05, 0.1) is 10.6 Å². The first-order valence-electron chi connectivity index (χ1n) is 5.94. The molecule has 1 atom stereocenters. The highest BCUT2D eigenvalue weighted by Crippen LogP contribution is 2.38. The maximum atomic E-state index is 12.6. The van der Waals surface area contributed by atoms with Crippen molar-refractivity contribution >= 4 is 16.5 Å². The second-order valence-electron chi connectivity index (χ2n) is 4.51. The van der Waals surface area contributed by atoms with Crippen molar-refractivity contribution in [3.63, 3.8) is 0 Å². The highest BCUT2D eigenvalue weighted by atomic mass is 32.1. The molecule has 2 heterocycles. The molecule has 0 saturated carbocycles. The van der Waals surface area contributed by atoms with Gasteiger partial charge in [0.25, 0.3) is 0 Å². The van der Waals surface area contributed by atoms with Gasteiger partial charge in [-0.1, -0.05) is 11.3 Å². The fourth-order valence-corrected chi connectivity index (χ4v) is 3.20. The Balaban J connectivity index is 2.21. The molecule has 0 amide bonds. The molecule has 1 aromatic heterocycles. The highest BCUT2D eigenvalue weighted by Gasteiger charge is 2.40. The second-order valence-corrected chi connectivity index (χ2v) is 5.52. The number of nitrogens with zero attached hydrogens (tertiary/aromatic N) is 2. The number of alkyl halides is 3. The molecule has 7 heteroatoms. The van der Waals surface area contributed by atoms with Crippen molar-refractivity contribution in [1.29, 1.82) is 0 Å². The van der Waals surface area contributed by atoms with Gasteiger partial charge in [-0.2, -0.15) is 13.2 Å². The Hall–Kier alpha value is -0.820. The largest absolute Gasteiger partial charge is 0.408 e. The standard InChI is InChI=1S/C11H16F3N3S/c1-7-8(9(15)11(12,13)14)18-10(16-7)17-5-3-2-4-6-17/h9H,2-6,15H2,1H3. The number of nitrogens with two attached hydrogens (primary N) is 1. The van der Waals surface area contributed by atoms with Gasteiger partial charge in [0.15, 0.2) is 5.13 Å². The van der Waals surface area contributed by atoms with Crippen LogP contribution in [0.5, 0.6) is 0 Å². The van der Waals surface area contributed by atoms with E-state index in [-0.39, 0.29) is 4.88 Å². The van der Waals surface area contributed by atoms with Crippen molar-refractivity contribution in [3.05, 3.63) is 10.6 Å². The van der Waals surface area contributed by atoms with Crippen LogP contribution in [0.2, 0.25) is 0 Å². The van der Waals surface area contributed by atoms with Gasteiger partial charge in [-0.25, -0.2) is 4.98 Å². The minimum absolute atomic E-state index is 0.128. The predicted octanol–water partition coefficient (Wildman–Crippen LogP) is 3.00. The maximum absolute atomic E-state index is 12.6. The van der Waals surface area contributed by atoms with E-state index in [1.807, 2.05) is 4.90 Å². The average Bonchev–Trinajstić information content (AvgIpc) is 2.70. The van der Waals surface area contributed by atoms with Crippen LogP contribution in [-0.4, -0.2) is 24.2 Å². The predicted molar refractivity (Wildman–Crippen MR) is 65.9 cm³/mol. The van der Waals surface area contributed by atoms with Gasteiger partial charge in [0, 0.05) is 13.1 Å². The molecule has 0 aromatic carbocycles. The minimum Gasteiger partial charge on any atom is -0.348 e. The quantitative estimate of drug-likeness (QED) is 0.905. The summed E-state index contributed by atoms with van der Waals surface area (Å²) in [7, 11) is 0. The number of aryl methyl sites for hydroxylation is 1. The van der Waals surface area contributed by atoms with Gasteiger partial charge in [-0.15, -0.1) is 0 Å². The van der Waals surface area contributed by atoms with Crippen LogP contribution in [0, 0.1) is 6.92 Å². The van der Waals surface area contributed by atoms with Crippen LogP contribution in [0.3, 0.4) is 0 Å². The highest BCUT2D eigenvalue weighted by molar-refractivity contribution is 7.15. The lowest BCUT2D eigenvalue weighted by molar-refractivity contribution is -0.148. The van der Waals surface area contributed by atoms with Crippen LogP contribution in [0.1, 0.15) is 35.9 Å². The molecule has 18 heavy (non-hydrogen) atoms. The summed E-state index contributed by atoms with van der Waals surface area (Å²) in [6.07, 6.45) is -1.09. The number of hydrogen-bond donors (Lipinski definition) is 1. The monoisotopic (exact) mass is 279 g/mol. The first-order chi connectivity index (χ1) is 8.39. The van der Waals surface area contributed by atoms with Gasteiger partial charge in [0.1, 0.15) is 6.04 Å². The van der Waals surface area contributed by atoms with Crippen molar-refractivity contribution in [2.24, 2.45) is 5.73 Å². The lowest BCUT2D eigenvalue weighted by atomic mass is 10.1. The Bertz CT molecular complexity index is 410. The molecule has 102 valence electrons. The third kappa shape index (κ3) is 2.77. The van der Waals surface area contributed by atoms with Gasteiger partial charge in [-0.3, -0.25) is 0 Å². The minimum atomic E-state index is -4.41. The first-order valence-corrected chi connectivity index (χ1v) is 6.76. The smallest absolute Gasteiger partial charge is 0.348 e. The summed E-state index contributed by atoms with van der Waals surface area (Å²) in [6, 6.07) is -1.92. The lowest BCUT2D eigenvalue weighted by Gasteiger charge is -2.25. The molecule has 1 aromatic rings. The summed E-state index contributed by atoms with van der Waals surface area (Å²) in [5, 5.41) is 0.668. The molecule has 1 fully saturated rings.